The summed E-state index contributed by atoms with van der Waals surface area (Å²) in [4.78, 5) is 12.4. The van der Waals surface area contributed by atoms with Crippen molar-refractivity contribution in [1.82, 2.24) is 4.90 Å². The lowest BCUT2D eigenvalue weighted by Gasteiger charge is -2.27. The second kappa shape index (κ2) is 6.84. The summed E-state index contributed by atoms with van der Waals surface area (Å²) >= 11 is 5.78. The molecule has 0 aliphatic carbocycles. The van der Waals surface area contributed by atoms with E-state index in [0.29, 0.717) is 13.1 Å². The van der Waals surface area contributed by atoms with Crippen LogP contribution in [0.2, 0.25) is 5.02 Å². The molecule has 106 valence electrons. The van der Waals surface area contributed by atoms with E-state index in [-0.39, 0.29) is 16.8 Å². The molecule has 0 bridgehead atoms. The second-order valence-electron chi connectivity index (χ2n) is 4.92. The van der Waals surface area contributed by atoms with Crippen LogP contribution in [0, 0.1) is 10.1 Å². The smallest absolute Gasteiger partial charge is 0.288 e. The number of nitro groups is 1. The van der Waals surface area contributed by atoms with E-state index >= 15 is 0 Å². The van der Waals surface area contributed by atoms with Gasteiger partial charge in [-0.2, -0.15) is 0 Å². The first-order chi connectivity index (χ1) is 8.81. The maximum atomic E-state index is 10.8. The third-order valence-corrected chi connectivity index (χ3v) is 3.14. The average molecular weight is 287 g/mol. The van der Waals surface area contributed by atoms with E-state index < -0.39 is 11.0 Å². The molecule has 0 aliphatic heterocycles. The number of hydrogen-bond donors (Lipinski definition) is 1. The van der Waals surface area contributed by atoms with E-state index in [2.05, 4.69) is 4.90 Å². The number of rotatable bonds is 6. The molecule has 0 heterocycles. The van der Waals surface area contributed by atoms with Gasteiger partial charge in [0.25, 0.3) is 5.69 Å². The number of benzene rings is 1. The molecular formula is C13H19ClN2O3. The number of hydrogen-bond acceptors (Lipinski definition) is 4. The average Bonchev–Trinajstić information content (AvgIpc) is 2.29. The van der Waals surface area contributed by atoms with Crippen molar-refractivity contribution in [1.29, 1.82) is 0 Å². The summed E-state index contributed by atoms with van der Waals surface area (Å²) in [5.74, 6) is 0. The Morgan fingerprint density at radius 1 is 1.42 bits per heavy atom. The molecule has 0 radical (unpaired) electrons. The molecular weight excluding hydrogens is 268 g/mol. The van der Waals surface area contributed by atoms with Gasteiger partial charge in [-0.1, -0.05) is 17.7 Å². The Balaban J connectivity index is 2.90. The van der Waals surface area contributed by atoms with E-state index in [4.69, 9.17) is 11.6 Å². The van der Waals surface area contributed by atoms with Crippen LogP contribution in [0.3, 0.4) is 0 Å². The standard InChI is InChI=1S/C13H19ClN2O3/c1-9(2)15(7-10(3)17)8-11-4-5-12(14)13(6-11)16(18)19/h4-6,9-10,17H,7-8H2,1-3H3. The third kappa shape index (κ3) is 4.78. The van der Waals surface area contributed by atoms with E-state index in [9.17, 15) is 15.2 Å². The minimum absolute atomic E-state index is 0.0834. The molecule has 1 rings (SSSR count). The second-order valence-corrected chi connectivity index (χ2v) is 5.32. The molecule has 0 aliphatic rings. The topological polar surface area (TPSA) is 66.6 Å². The maximum Gasteiger partial charge on any atom is 0.288 e. The first-order valence-electron chi connectivity index (χ1n) is 6.16. The summed E-state index contributed by atoms with van der Waals surface area (Å²) in [6.45, 7) is 6.83. The highest BCUT2D eigenvalue weighted by Gasteiger charge is 2.16. The van der Waals surface area contributed by atoms with Crippen molar-refractivity contribution in [3.8, 4) is 0 Å². The minimum Gasteiger partial charge on any atom is -0.392 e. The molecule has 0 amide bonds. The van der Waals surface area contributed by atoms with E-state index in [1.165, 1.54) is 12.1 Å². The Kier molecular flexibility index (Phi) is 5.72. The Morgan fingerprint density at radius 2 is 2.05 bits per heavy atom. The zero-order valence-corrected chi connectivity index (χ0v) is 12.1. The van der Waals surface area contributed by atoms with Gasteiger partial charge in [0.1, 0.15) is 5.02 Å². The molecule has 1 aromatic rings. The van der Waals surface area contributed by atoms with Crippen LogP contribution >= 0.6 is 11.6 Å². The van der Waals surface area contributed by atoms with Crippen LogP contribution in [0.1, 0.15) is 26.3 Å². The first-order valence-corrected chi connectivity index (χ1v) is 6.54. The van der Waals surface area contributed by atoms with Gasteiger partial charge < -0.3 is 5.11 Å². The van der Waals surface area contributed by atoms with Gasteiger partial charge in [-0.05, 0) is 32.4 Å². The third-order valence-electron chi connectivity index (χ3n) is 2.82. The van der Waals surface area contributed by atoms with Crippen molar-refractivity contribution < 1.29 is 10.0 Å². The van der Waals surface area contributed by atoms with Crippen molar-refractivity contribution >= 4 is 17.3 Å². The lowest BCUT2D eigenvalue weighted by molar-refractivity contribution is -0.384. The van der Waals surface area contributed by atoms with Crippen LogP contribution in [0.15, 0.2) is 18.2 Å². The minimum atomic E-state index is -0.486. The van der Waals surface area contributed by atoms with Gasteiger partial charge in [-0.3, -0.25) is 15.0 Å². The highest BCUT2D eigenvalue weighted by atomic mass is 35.5. The van der Waals surface area contributed by atoms with E-state index in [1.807, 2.05) is 13.8 Å². The first kappa shape index (κ1) is 15.9. The Hall–Kier alpha value is -1.17. The lowest BCUT2D eigenvalue weighted by Crippen LogP contribution is -2.36. The zero-order chi connectivity index (χ0) is 14.6. The predicted molar refractivity (Wildman–Crippen MR) is 75.3 cm³/mol. The molecule has 19 heavy (non-hydrogen) atoms. The van der Waals surface area contributed by atoms with Crippen molar-refractivity contribution in [2.45, 2.75) is 39.5 Å². The van der Waals surface area contributed by atoms with Crippen molar-refractivity contribution in [2.24, 2.45) is 0 Å². The number of nitrogens with zero attached hydrogens (tertiary/aromatic N) is 2. The monoisotopic (exact) mass is 286 g/mol. The predicted octanol–water partition coefficient (Wildman–Crippen LogP) is 2.84. The normalized spacial score (nSPS) is 13.0. The van der Waals surface area contributed by atoms with Gasteiger partial charge in [-0.25, -0.2) is 0 Å². The van der Waals surface area contributed by atoms with Crippen LogP contribution in [0.25, 0.3) is 0 Å². The SMILES string of the molecule is CC(O)CN(Cc1ccc(Cl)c([N+](=O)[O-])c1)C(C)C. The fraction of sp³-hybridized carbons (Fsp3) is 0.538. The van der Waals surface area contributed by atoms with Gasteiger partial charge in [0.2, 0.25) is 0 Å². The van der Waals surface area contributed by atoms with Crippen molar-refractivity contribution in [3.63, 3.8) is 0 Å². The fourth-order valence-corrected chi connectivity index (χ4v) is 2.01. The molecule has 6 heteroatoms. The zero-order valence-electron chi connectivity index (χ0n) is 11.3. The van der Waals surface area contributed by atoms with Crippen molar-refractivity contribution in [3.05, 3.63) is 38.9 Å². The van der Waals surface area contributed by atoms with Crippen molar-refractivity contribution in [2.75, 3.05) is 6.54 Å². The number of halogens is 1. The summed E-state index contributed by atoms with van der Waals surface area (Å²) in [5.41, 5.74) is 0.727. The number of nitro benzene ring substituents is 1. The van der Waals surface area contributed by atoms with Crippen LogP contribution in [-0.2, 0) is 6.54 Å². The molecule has 0 saturated carbocycles. The van der Waals surface area contributed by atoms with Gasteiger partial charge >= 0.3 is 0 Å². The molecule has 0 aromatic heterocycles. The number of aliphatic hydroxyl groups excluding tert-OH is 1. The quantitative estimate of drug-likeness (QED) is 0.645. The fourth-order valence-electron chi connectivity index (χ4n) is 1.83. The molecule has 0 spiro atoms. The Morgan fingerprint density at radius 3 is 2.53 bits per heavy atom. The Labute approximate surface area is 117 Å². The van der Waals surface area contributed by atoms with Crippen LogP contribution in [0.5, 0.6) is 0 Å². The summed E-state index contributed by atoms with van der Waals surface area (Å²) in [5, 5.41) is 20.4. The lowest BCUT2D eigenvalue weighted by atomic mass is 10.1. The summed E-state index contributed by atoms with van der Waals surface area (Å²) in [6.07, 6.45) is -0.440. The van der Waals surface area contributed by atoms with E-state index in [1.54, 1.807) is 13.0 Å². The summed E-state index contributed by atoms with van der Waals surface area (Å²) in [6, 6.07) is 5.03. The highest BCUT2D eigenvalue weighted by molar-refractivity contribution is 6.32. The summed E-state index contributed by atoms with van der Waals surface area (Å²) < 4.78 is 0. The molecule has 0 fully saturated rings. The Bertz CT molecular complexity index is 450. The number of aliphatic hydroxyl groups is 1. The van der Waals surface area contributed by atoms with Gasteiger partial charge in [0.15, 0.2) is 0 Å². The van der Waals surface area contributed by atoms with Crippen LogP contribution < -0.4 is 0 Å². The molecule has 0 saturated heterocycles. The summed E-state index contributed by atoms with van der Waals surface area (Å²) in [7, 11) is 0. The van der Waals surface area contributed by atoms with Crippen LogP contribution in [-0.4, -0.2) is 33.6 Å². The highest BCUT2D eigenvalue weighted by Crippen LogP contribution is 2.25. The molecule has 1 N–H and O–H groups in total. The largest absolute Gasteiger partial charge is 0.392 e. The molecule has 1 unspecified atom stereocenters. The van der Waals surface area contributed by atoms with Gasteiger partial charge in [0.05, 0.1) is 11.0 Å². The molecule has 5 nitrogen and oxygen atoms in total. The van der Waals surface area contributed by atoms with Gasteiger partial charge in [-0.15, -0.1) is 0 Å². The molecule has 1 atom stereocenters. The van der Waals surface area contributed by atoms with E-state index in [0.717, 1.165) is 5.56 Å². The maximum absolute atomic E-state index is 10.8. The van der Waals surface area contributed by atoms with Crippen LogP contribution in [0.4, 0.5) is 5.69 Å². The van der Waals surface area contributed by atoms with Gasteiger partial charge in [0, 0.05) is 25.2 Å². The molecule has 1 aromatic carbocycles.